The van der Waals surface area contributed by atoms with Gasteiger partial charge in [-0.2, -0.15) is 8.42 Å². The van der Waals surface area contributed by atoms with Crippen LogP contribution in [-0.2, 0) is 24.0 Å². The van der Waals surface area contributed by atoms with Gasteiger partial charge in [-0.25, -0.2) is 8.98 Å². The van der Waals surface area contributed by atoms with Gasteiger partial charge in [0.25, 0.3) is 10.1 Å². The van der Waals surface area contributed by atoms with E-state index >= 15 is 0 Å². The van der Waals surface area contributed by atoms with Crippen LogP contribution in [0, 0.1) is 6.92 Å². The van der Waals surface area contributed by atoms with Gasteiger partial charge in [-0.15, -0.1) is 0 Å². The van der Waals surface area contributed by atoms with Gasteiger partial charge in [-0.3, -0.25) is 4.94 Å². The van der Waals surface area contributed by atoms with Crippen LogP contribution >= 0.6 is 0 Å². The maximum atomic E-state index is 12.2. The number of hydrogen-bond acceptors (Lipinski definition) is 5. The summed E-state index contributed by atoms with van der Waals surface area (Å²) < 4.78 is 41.5. The van der Waals surface area contributed by atoms with Crippen molar-refractivity contribution in [3.63, 3.8) is 0 Å². The van der Waals surface area contributed by atoms with Crippen LogP contribution in [0.3, 0.4) is 0 Å². The summed E-state index contributed by atoms with van der Waals surface area (Å²) in [7, 11) is -4.25. The van der Waals surface area contributed by atoms with E-state index in [4.69, 9.17) is 4.18 Å². The fourth-order valence-electron chi connectivity index (χ4n) is 1.79. The van der Waals surface area contributed by atoms with Crippen molar-refractivity contribution < 1.29 is 26.9 Å². The zero-order valence-corrected chi connectivity index (χ0v) is 12.4. The summed E-state index contributed by atoms with van der Waals surface area (Å²) in [6.07, 6.45) is -1.71. The first-order valence-corrected chi connectivity index (χ1v) is 7.72. The van der Waals surface area contributed by atoms with Gasteiger partial charge in [-0.1, -0.05) is 48.0 Å². The number of hydrogen-bond donors (Lipinski definition) is 0. The van der Waals surface area contributed by atoms with E-state index in [2.05, 4.69) is 4.94 Å². The van der Waals surface area contributed by atoms with Gasteiger partial charge in [0.2, 0.25) is 6.10 Å². The number of carbonyl (C=O) groups excluding carboxylic acids is 1. The van der Waals surface area contributed by atoms with Crippen molar-refractivity contribution in [2.24, 2.45) is 0 Å². The van der Waals surface area contributed by atoms with Crippen LogP contribution < -0.4 is 0 Å². The summed E-state index contributed by atoms with van der Waals surface area (Å²) in [4.78, 5) is 14.5. The summed E-state index contributed by atoms with van der Waals surface area (Å²) >= 11 is 0. The molecule has 7 heteroatoms. The molecule has 0 amide bonds. The van der Waals surface area contributed by atoms with Crippen LogP contribution in [0.25, 0.3) is 0 Å². The monoisotopic (exact) mass is 324 g/mol. The van der Waals surface area contributed by atoms with Crippen molar-refractivity contribution in [1.29, 1.82) is 0 Å². The Morgan fingerprint density at radius 1 is 1.05 bits per heavy atom. The molecule has 116 valence electrons. The molecule has 0 fully saturated rings. The maximum Gasteiger partial charge on any atom is 0.383 e. The lowest BCUT2D eigenvalue weighted by Gasteiger charge is -2.14. The van der Waals surface area contributed by atoms with Gasteiger partial charge in [-0.05, 0) is 24.6 Å². The molecule has 0 aliphatic carbocycles. The van der Waals surface area contributed by atoms with Gasteiger partial charge >= 0.3 is 5.97 Å². The minimum Gasteiger partial charge on any atom is -0.251 e. The number of halogens is 1. The van der Waals surface area contributed by atoms with E-state index < -0.39 is 22.2 Å². The van der Waals surface area contributed by atoms with Crippen molar-refractivity contribution in [3.8, 4) is 0 Å². The Hall–Kier alpha value is -2.25. The fourth-order valence-corrected chi connectivity index (χ4v) is 2.81. The van der Waals surface area contributed by atoms with Crippen molar-refractivity contribution in [2.75, 3.05) is 0 Å². The molecule has 0 bridgehead atoms. The molecule has 0 radical (unpaired) electrons. The molecule has 0 N–H and O–H groups in total. The molecule has 1 atom stereocenters. The Morgan fingerprint density at radius 2 is 1.64 bits per heavy atom. The highest BCUT2D eigenvalue weighted by atomic mass is 32.2. The highest BCUT2D eigenvalue weighted by molar-refractivity contribution is 7.86. The van der Waals surface area contributed by atoms with E-state index in [-0.39, 0.29) is 10.5 Å². The summed E-state index contributed by atoms with van der Waals surface area (Å²) in [6.45, 7) is 1.80. The number of aryl methyl sites for hydroxylation is 1. The number of carbonyl (C=O) groups is 1. The molecule has 2 aromatic rings. The third kappa shape index (κ3) is 3.69. The topological polar surface area (TPSA) is 69.7 Å². The Kier molecular flexibility index (Phi) is 4.89. The minimum absolute atomic E-state index is 0.134. The molecular formula is C15H13FO5S. The molecule has 22 heavy (non-hydrogen) atoms. The van der Waals surface area contributed by atoms with E-state index in [1.807, 2.05) is 0 Å². The van der Waals surface area contributed by atoms with Crippen molar-refractivity contribution in [2.45, 2.75) is 17.9 Å². The smallest absolute Gasteiger partial charge is 0.251 e. The predicted octanol–water partition coefficient (Wildman–Crippen LogP) is 2.87. The molecule has 5 nitrogen and oxygen atoms in total. The van der Waals surface area contributed by atoms with E-state index in [1.54, 1.807) is 37.3 Å². The highest BCUT2D eigenvalue weighted by Crippen LogP contribution is 2.25. The number of benzene rings is 2. The van der Waals surface area contributed by atoms with Gasteiger partial charge in [0.15, 0.2) is 0 Å². The van der Waals surface area contributed by atoms with Gasteiger partial charge in [0.1, 0.15) is 0 Å². The van der Waals surface area contributed by atoms with Crippen LogP contribution in [0.1, 0.15) is 17.2 Å². The van der Waals surface area contributed by atoms with Gasteiger partial charge in [0, 0.05) is 4.53 Å². The van der Waals surface area contributed by atoms with Crippen LogP contribution in [-0.4, -0.2) is 14.4 Å². The van der Waals surface area contributed by atoms with Crippen LogP contribution in [0.2, 0.25) is 0 Å². The van der Waals surface area contributed by atoms with E-state index in [1.165, 1.54) is 24.3 Å². The first-order chi connectivity index (χ1) is 10.4. The molecule has 0 aromatic heterocycles. The Labute approximate surface area is 127 Å². The standard InChI is InChI=1S/C15H13FO5S/c1-11-7-9-13(10-8-11)22(18,19)21-14(15(17)20-16)12-5-3-2-4-6-12/h2-10,14H,1H3. The molecule has 2 aromatic carbocycles. The van der Waals surface area contributed by atoms with E-state index in [0.29, 0.717) is 0 Å². The summed E-state index contributed by atoms with van der Waals surface area (Å²) in [6, 6.07) is 13.5. The highest BCUT2D eigenvalue weighted by Gasteiger charge is 2.31. The van der Waals surface area contributed by atoms with Gasteiger partial charge in [0.05, 0.1) is 4.90 Å². The van der Waals surface area contributed by atoms with E-state index in [9.17, 15) is 17.7 Å². The van der Waals surface area contributed by atoms with Gasteiger partial charge < -0.3 is 0 Å². The maximum absolute atomic E-state index is 12.2. The lowest BCUT2D eigenvalue weighted by molar-refractivity contribution is -0.192. The average Bonchev–Trinajstić information content (AvgIpc) is 2.53. The lowest BCUT2D eigenvalue weighted by atomic mass is 10.1. The molecule has 0 aliphatic heterocycles. The molecule has 1 unspecified atom stereocenters. The Balaban J connectivity index is 2.34. The third-order valence-electron chi connectivity index (χ3n) is 2.93. The molecule has 0 spiro atoms. The summed E-state index contributed by atoms with van der Waals surface area (Å²) in [5.41, 5.74) is 1.03. The first-order valence-electron chi connectivity index (χ1n) is 6.31. The Morgan fingerprint density at radius 3 is 2.18 bits per heavy atom. The average molecular weight is 324 g/mol. The fraction of sp³-hybridized carbons (Fsp3) is 0.133. The third-order valence-corrected chi connectivity index (χ3v) is 4.22. The second kappa shape index (κ2) is 6.67. The largest absolute Gasteiger partial charge is 0.383 e. The van der Waals surface area contributed by atoms with Crippen molar-refractivity contribution >= 4 is 16.1 Å². The molecule has 2 rings (SSSR count). The SMILES string of the molecule is Cc1ccc(S(=O)(=O)OC(C(=O)OF)c2ccccc2)cc1. The lowest BCUT2D eigenvalue weighted by Crippen LogP contribution is -2.20. The van der Waals surface area contributed by atoms with Crippen molar-refractivity contribution in [3.05, 3.63) is 65.7 Å². The van der Waals surface area contributed by atoms with E-state index in [0.717, 1.165) is 5.56 Å². The van der Waals surface area contributed by atoms with Crippen molar-refractivity contribution in [1.82, 2.24) is 0 Å². The summed E-state index contributed by atoms with van der Waals surface area (Å²) in [5, 5.41) is 0. The van der Waals surface area contributed by atoms with Crippen LogP contribution in [0.15, 0.2) is 59.5 Å². The quantitative estimate of drug-likeness (QED) is 0.791. The zero-order valence-electron chi connectivity index (χ0n) is 11.6. The Bertz CT molecular complexity index is 741. The minimum atomic E-state index is -4.25. The first kappa shape index (κ1) is 16.1. The summed E-state index contributed by atoms with van der Waals surface area (Å²) in [5.74, 6) is -1.44. The zero-order chi connectivity index (χ0) is 16.2. The second-order valence-electron chi connectivity index (χ2n) is 4.55. The molecule has 0 heterocycles. The second-order valence-corrected chi connectivity index (χ2v) is 6.12. The number of rotatable bonds is 5. The molecule has 0 saturated heterocycles. The van der Waals surface area contributed by atoms with Crippen LogP contribution in [0.4, 0.5) is 4.53 Å². The molecule has 0 saturated carbocycles. The predicted molar refractivity (Wildman–Crippen MR) is 75.8 cm³/mol. The normalized spacial score (nSPS) is 12.6. The van der Waals surface area contributed by atoms with Crippen LogP contribution in [0.5, 0.6) is 0 Å². The molecule has 0 aliphatic rings. The molecular weight excluding hydrogens is 311 g/mol.